The van der Waals surface area contributed by atoms with Crippen molar-refractivity contribution in [1.82, 2.24) is 0 Å². The average molecular weight is 212 g/mol. The summed E-state index contributed by atoms with van der Waals surface area (Å²) in [6, 6.07) is 0. The van der Waals surface area contributed by atoms with Gasteiger partial charge in [0.1, 0.15) is 0 Å². The number of nitrogens with zero attached hydrogens (tertiary/aromatic N) is 2. The molecule has 90 valence electrons. The Labute approximate surface area is 95.6 Å². The molecule has 0 rings (SSSR count). The van der Waals surface area contributed by atoms with Crippen molar-refractivity contribution in [3.8, 4) is 0 Å². The molecule has 15 heavy (non-hydrogen) atoms. The van der Waals surface area contributed by atoms with Gasteiger partial charge < -0.3 is 0 Å². The maximum atomic E-state index is 4.51. The highest BCUT2D eigenvalue weighted by Gasteiger charge is 2.26. The highest BCUT2D eigenvalue weighted by Crippen LogP contribution is 2.30. The van der Waals surface area contributed by atoms with Gasteiger partial charge in [-0.2, -0.15) is 10.2 Å². The van der Waals surface area contributed by atoms with Crippen LogP contribution in [0.3, 0.4) is 0 Å². The summed E-state index contributed by atoms with van der Waals surface area (Å²) >= 11 is 0. The third-order valence-corrected chi connectivity index (χ3v) is 2.42. The fourth-order valence-corrected chi connectivity index (χ4v) is 1.67. The topological polar surface area (TPSA) is 24.7 Å². The summed E-state index contributed by atoms with van der Waals surface area (Å²) in [6.07, 6.45) is 2.09. The lowest BCUT2D eigenvalue weighted by molar-refractivity contribution is 0.272. The monoisotopic (exact) mass is 212 g/mol. The van der Waals surface area contributed by atoms with Crippen molar-refractivity contribution in [3.63, 3.8) is 0 Å². The largest absolute Gasteiger partial charge is 0.187 e. The Balaban J connectivity index is 4.51. The first-order chi connectivity index (χ1) is 6.47. The second kappa shape index (κ2) is 4.63. The third kappa shape index (κ3) is 7.52. The van der Waals surface area contributed by atoms with Crippen LogP contribution in [0, 0.1) is 5.41 Å². The van der Waals surface area contributed by atoms with E-state index in [1.54, 1.807) is 0 Å². The molecule has 0 unspecified atom stereocenters. The number of rotatable bonds is 4. The highest BCUT2D eigenvalue weighted by molar-refractivity contribution is 4.84. The zero-order chi connectivity index (χ0) is 12.3. The lowest BCUT2D eigenvalue weighted by atomic mass is 9.82. The molecule has 0 aliphatic heterocycles. The minimum absolute atomic E-state index is 0.0187. The molecule has 0 saturated heterocycles. The average Bonchev–Trinajstić information content (AvgIpc) is 1.97. The van der Waals surface area contributed by atoms with E-state index in [0.29, 0.717) is 5.41 Å². The first-order valence-corrected chi connectivity index (χ1v) is 5.91. The van der Waals surface area contributed by atoms with Gasteiger partial charge in [-0.25, -0.2) is 0 Å². The van der Waals surface area contributed by atoms with Crippen molar-refractivity contribution in [2.75, 3.05) is 0 Å². The molecule has 0 aliphatic rings. The van der Waals surface area contributed by atoms with E-state index in [9.17, 15) is 0 Å². The Hall–Kier alpha value is -0.400. The van der Waals surface area contributed by atoms with Gasteiger partial charge in [0.05, 0.1) is 11.1 Å². The summed E-state index contributed by atoms with van der Waals surface area (Å²) in [4.78, 5) is 0. The minimum atomic E-state index is -0.0509. The predicted octanol–water partition coefficient (Wildman–Crippen LogP) is 4.84. The van der Waals surface area contributed by atoms with Crippen molar-refractivity contribution in [1.29, 1.82) is 0 Å². The van der Waals surface area contributed by atoms with Gasteiger partial charge in [-0.1, -0.05) is 27.7 Å². The molecule has 0 amide bonds. The first kappa shape index (κ1) is 14.6. The van der Waals surface area contributed by atoms with Crippen molar-refractivity contribution in [2.24, 2.45) is 15.6 Å². The zero-order valence-corrected chi connectivity index (χ0v) is 11.8. The van der Waals surface area contributed by atoms with Gasteiger partial charge in [-0.3, -0.25) is 0 Å². The molecule has 0 radical (unpaired) electrons. The van der Waals surface area contributed by atoms with Crippen molar-refractivity contribution in [2.45, 2.75) is 79.3 Å². The smallest absolute Gasteiger partial charge is 0.0765 e. The normalized spacial score (nSPS) is 14.9. The number of hydrogen-bond donors (Lipinski definition) is 0. The quantitative estimate of drug-likeness (QED) is 0.596. The van der Waals surface area contributed by atoms with Gasteiger partial charge in [-0.05, 0) is 46.0 Å². The lowest BCUT2D eigenvalue weighted by Crippen LogP contribution is -2.26. The molecule has 0 aromatic heterocycles. The van der Waals surface area contributed by atoms with Crippen molar-refractivity contribution in [3.05, 3.63) is 0 Å². The molecule has 0 spiro atoms. The minimum Gasteiger partial charge on any atom is -0.187 e. The molecular weight excluding hydrogens is 184 g/mol. The van der Waals surface area contributed by atoms with Gasteiger partial charge in [0.25, 0.3) is 0 Å². The second-order valence-corrected chi connectivity index (χ2v) is 6.92. The Kier molecular flexibility index (Phi) is 4.50. The summed E-state index contributed by atoms with van der Waals surface area (Å²) < 4.78 is 0. The van der Waals surface area contributed by atoms with Crippen LogP contribution in [-0.2, 0) is 0 Å². The molecule has 2 nitrogen and oxygen atoms in total. The van der Waals surface area contributed by atoms with E-state index in [1.807, 2.05) is 0 Å². The Bertz CT molecular complexity index is 219. The van der Waals surface area contributed by atoms with Crippen LogP contribution in [0.15, 0.2) is 10.2 Å². The molecule has 0 bridgehead atoms. The van der Waals surface area contributed by atoms with Crippen LogP contribution in [0.1, 0.15) is 68.2 Å². The Morgan fingerprint density at radius 2 is 1.13 bits per heavy atom. The molecule has 0 aliphatic carbocycles. The van der Waals surface area contributed by atoms with Crippen LogP contribution >= 0.6 is 0 Å². The van der Waals surface area contributed by atoms with E-state index >= 15 is 0 Å². The van der Waals surface area contributed by atoms with Gasteiger partial charge in [0, 0.05) is 0 Å². The van der Waals surface area contributed by atoms with Crippen LogP contribution in [0.25, 0.3) is 0 Å². The fourth-order valence-electron chi connectivity index (χ4n) is 1.67. The van der Waals surface area contributed by atoms with E-state index in [4.69, 9.17) is 0 Å². The van der Waals surface area contributed by atoms with Crippen LogP contribution < -0.4 is 0 Å². The fraction of sp³-hybridized carbons (Fsp3) is 1.00. The van der Waals surface area contributed by atoms with Gasteiger partial charge in [0.15, 0.2) is 0 Å². The first-order valence-electron chi connectivity index (χ1n) is 5.91. The Morgan fingerprint density at radius 3 is 1.47 bits per heavy atom. The third-order valence-electron chi connectivity index (χ3n) is 2.42. The van der Waals surface area contributed by atoms with E-state index < -0.39 is 0 Å². The second-order valence-electron chi connectivity index (χ2n) is 6.92. The summed E-state index contributed by atoms with van der Waals surface area (Å²) in [5.41, 5.74) is 0.235. The molecule has 0 saturated carbocycles. The molecule has 0 fully saturated rings. The standard InChI is InChI=1S/C13H28N2/c1-9-12(5,6)14-15-13(7,8)10-11(2,3)4/h9-10H2,1-8H3. The van der Waals surface area contributed by atoms with Crippen molar-refractivity contribution < 1.29 is 0 Å². The van der Waals surface area contributed by atoms with Gasteiger partial charge in [0.2, 0.25) is 0 Å². The molecule has 0 atom stereocenters. The van der Waals surface area contributed by atoms with E-state index in [-0.39, 0.29) is 11.1 Å². The summed E-state index contributed by atoms with van der Waals surface area (Å²) in [5, 5.41) is 8.96. The summed E-state index contributed by atoms with van der Waals surface area (Å²) in [5.74, 6) is 0. The zero-order valence-electron chi connectivity index (χ0n) is 11.8. The summed E-state index contributed by atoms with van der Waals surface area (Å²) in [6.45, 7) is 17.5. The summed E-state index contributed by atoms with van der Waals surface area (Å²) in [7, 11) is 0. The SMILES string of the molecule is CCC(C)(C)N=NC(C)(C)CC(C)(C)C. The van der Waals surface area contributed by atoms with E-state index in [1.165, 1.54) is 0 Å². The molecule has 0 aromatic carbocycles. The van der Waals surface area contributed by atoms with E-state index in [2.05, 4.69) is 65.6 Å². The highest BCUT2D eigenvalue weighted by atomic mass is 15.2. The molecule has 0 heterocycles. The molecule has 0 N–H and O–H groups in total. The lowest BCUT2D eigenvalue weighted by Gasteiger charge is -2.29. The molecule has 2 heteroatoms. The Morgan fingerprint density at radius 1 is 0.733 bits per heavy atom. The van der Waals surface area contributed by atoms with Gasteiger partial charge >= 0.3 is 0 Å². The van der Waals surface area contributed by atoms with Crippen LogP contribution in [0.5, 0.6) is 0 Å². The van der Waals surface area contributed by atoms with Crippen LogP contribution in [0.4, 0.5) is 0 Å². The maximum Gasteiger partial charge on any atom is 0.0765 e. The van der Waals surface area contributed by atoms with E-state index in [0.717, 1.165) is 12.8 Å². The number of hydrogen-bond acceptors (Lipinski definition) is 2. The van der Waals surface area contributed by atoms with Crippen LogP contribution in [-0.4, -0.2) is 11.1 Å². The predicted molar refractivity (Wildman–Crippen MR) is 67.4 cm³/mol. The van der Waals surface area contributed by atoms with Crippen molar-refractivity contribution >= 4 is 0 Å². The maximum absolute atomic E-state index is 4.51. The molecule has 0 aromatic rings. The number of azo groups is 1. The molecular formula is C13H28N2. The van der Waals surface area contributed by atoms with Crippen LogP contribution in [0.2, 0.25) is 0 Å². The van der Waals surface area contributed by atoms with Gasteiger partial charge in [-0.15, -0.1) is 0 Å².